The number of aromatic nitrogens is 2. The van der Waals surface area contributed by atoms with Crippen molar-refractivity contribution in [2.45, 2.75) is 114 Å². The number of rotatable bonds is 13. The van der Waals surface area contributed by atoms with Crippen LogP contribution < -0.4 is 10.9 Å². The lowest BCUT2D eigenvalue weighted by Gasteiger charge is -2.40. The lowest BCUT2D eigenvalue weighted by molar-refractivity contribution is -0.140. The number of hydrogen-bond donors (Lipinski definition) is 2. The maximum atomic E-state index is 16.2. The van der Waals surface area contributed by atoms with Crippen LogP contribution >= 0.6 is 0 Å². The van der Waals surface area contributed by atoms with Gasteiger partial charge in [-0.05, 0) is 111 Å². The quantitative estimate of drug-likeness (QED) is 0.162. The predicted octanol–water partition coefficient (Wildman–Crippen LogP) is 6.04. The highest BCUT2D eigenvalue weighted by Crippen LogP contribution is 2.36. The number of carbonyl (C=O) groups is 5. The van der Waals surface area contributed by atoms with E-state index in [-0.39, 0.29) is 84.0 Å². The van der Waals surface area contributed by atoms with E-state index in [1.54, 1.807) is 46.2 Å². The number of ether oxygens (including phenoxy) is 1. The molecule has 1 atom stereocenters. The number of aromatic amines is 1. The molecule has 1 aromatic heterocycles. The Hall–Kier alpha value is -6.07. The fourth-order valence-corrected chi connectivity index (χ4v) is 12.0. The standard InChI is InChI=1S/C56H68F2N8O7/c57-47-16-13-36(34-48-43-9-4-5-10-44(43)53(69)61-60-48)33-46(47)55(71)66-31-29-63(30-32-66)49(67)35-62-23-19-40(20-24-62)73-41-21-27-65(28-22-41)56(72)51(38-7-2-1-3-8-38)59-52(68)45-12-6-11-42(50(45)58)37-17-25-64(26-18-37)54(70)39-14-15-39/h4-6,9-13,16,33,37-41,51H,1-3,7-8,14-15,17-32,34-35H2,(H,59,68)(H,61,69)/t51-/m1/s1. The summed E-state index contributed by atoms with van der Waals surface area (Å²) in [5.41, 5.74) is 1.43. The van der Waals surface area contributed by atoms with Crippen molar-refractivity contribution in [3.63, 3.8) is 0 Å². The fourth-order valence-electron chi connectivity index (χ4n) is 12.0. The number of likely N-dealkylation sites (tertiary alicyclic amines) is 3. The summed E-state index contributed by atoms with van der Waals surface area (Å²) < 4.78 is 37.9. The van der Waals surface area contributed by atoms with E-state index < -0.39 is 29.5 Å². The van der Waals surface area contributed by atoms with Crippen molar-refractivity contribution in [2.24, 2.45) is 11.8 Å². The van der Waals surface area contributed by atoms with Crippen LogP contribution in [-0.4, -0.2) is 154 Å². The molecule has 0 radical (unpaired) electrons. The minimum absolute atomic E-state index is 0.00628. The highest BCUT2D eigenvalue weighted by molar-refractivity contribution is 5.98. The number of benzene rings is 3. The second-order valence-electron chi connectivity index (χ2n) is 21.3. The molecule has 4 saturated heterocycles. The maximum absolute atomic E-state index is 16.2. The van der Waals surface area contributed by atoms with Gasteiger partial charge in [-0.1, -0.05) is 55.7 Å². The van der Waals surface area contributed by atoms with Gasteiger partial charge in [-0.2, -0.15) is 5.10 Å². The van der Waals surface area contributed by atoms with E-state index in [1.807, 2.05) is 21.9 Å². The third-order valence-electron chi connectivity index (χ3n) is 16.5. The number of piperazine rings is 1. The molecule has 17 heteroatoms. The molecule has 0 unspecified atom stereocenters. The Kier molecular flexibility index (Phi) is 15.6. The molecule has 6 aliphatic rings. The van der Waals surface area contributed by atoms with Crippen LogP contribution in [0.3, 0.4) is 0 Å². The summed E-state index contributed by atoms with van der Waals surface area (Å²) in [6.45, 7) is 5.17. The van der Waals surface area contributed by atoms with Gasteiger partial charge in [0, 0.05) is 83.2 Å². The van der Waals surface area contributed by atoms with Crippen molar-refractivity contribution >= 4 is 40.3 Å². The van der Waals surface area contributed by atoms with Crippen LogP contribution in [-0.2, 0) is 25.5 Å². The Balaban J connectivity index is 0.659. The van der Waals surface area contributed by atoms with Gasteiger partial charge in [-0.25, -0.2) is 13.9 Å². The molecule has 3 aromatic carbocycles. The first-order valence-corrected chi connectivity index (χ1v) is 26.8. The summed E-state index contributed by atoms with van der Waals surface area (Å²) >= 11 is 0. The van der Waals surface area contributed by atoms with Crippen LogP contribution in [0.5, 0.6) is 0 Å². The average Bonchev–Trinajstić information content (AvgIpc) is 4.28. The Bertz CT molecular complexity index is 2730. The smallest absolute Gasteiger partial charge is 0.272 e. The van der Waals surface area contributed by atoms with Crippen LogP contribution in [0, 0.1) is 23.5 Å². The number of piperidine rings is 3. The molecule has 4 aliphatic heterocycles. The maximum Gasteiger partial charge on any atom is 0.272 e. The molecule has 0 bridgehead atoms. The Morgan fingerprint density at radius 2 is 1.33 bits per heavy atom. The molecular formula is C56H68F2N8O7. The number of carbonyl (C=O) groups excluding carboxylic acids is 5. The van der Waals surface area contributed by atoms with Gasteiger partial charge in [0.2, 0.25) is 17.7 Å². The van der Waals surface area contributed by atoms with E-state index in [4.69, 9.17) is 4.74 Å². The first-order valence-electron chi connectivity index (χ1n) is 26.8. The van der Waals surface area contributed by atoms with Gasteiger partial charge in [0.25, 0.3) is 17.4 Å². The number of halogens is 2. The monoisotopic (exact) mass is 1000 g/mol. The van der Waals surface area contributed by atoms with Crippen LogP contribution in [0.1, 0.15) is 127 Å². The van der Waals surface area contributed by atoms with Crippen LogP contribution in [0.2, 0.25) is 0 Å². The van der Waals surface area contributed by atoms with Gasteiger partial charge in [-0.15, -0.1) is 0 Å². The van der Waals surface area contributed by atoms with Gasteiger partial charge in [-0.3, -0.25) is 33.7 Å². The van der Waals surface area contributed by atoms with Gasteiger partial charge < -0.3 is 29.7 Å². The predicted molar refractivity (Wildman–Crippen MR) is 270 cm³/mol. The molecule has 4 aromatic rings. The van der Waals surface area contributed by atoms with E-state index in [2.05, 4.69) is 20.4 Å². The zero-order valence-corrected chi connectivity index (χ0v) is 41.7. The number of amides is 5. The van der Waals surface area contributed by atoms with Gasteiger partial charge in [0.05, 0.1) is 41.0 Å². The van der Waals surface area contributed by atoms with E-state index in [1.165, 1.54) is 12.1 Å². The summed E-state index contributed by atoms with van der Waals surface area (Å²) in [7, 11) is 0. The third-order valence-corrected chi connectivity index (χ3v) is 16.5. The molecule has 10 rings (SSSR count). The van der Waals surface area contributed by atoms with Crippen molar-refractivity contribution in [2.75, 3.05) is 72.0 Å². The average molecular weight is 1000 g/mol. The van der Waals surface area contributed by atoms with Gasteiger partial charge in [0.1, 0.15) is 17.7 Å². The molecule has 2 N–H and O–H groups in total. The summed E-state index contributed by atoms with van der Waals surface area (Å²) in [5.74, 6) is -2.00. The van der Waals surface area contributed by atoms with Crippen molar-refractivity contribution in [1.82, 2.24) is 40.0 Å². The van der Waals surface area contributed by atoms with E-state index in [0.717, 1.165) is 57.8 Å². The zero-order valence-electron chi connectivity index (χ0n) is 41.7. The number of fused-ring (bicyclic) bond motifs is 1. The zero-order chi connectivity index (χ0) is 50.6. The normalized spacial score (nSPS) is 20.6. The van der Waals surface area contributed by atoms with Crippen molar-refractivity contribution in [3.05, 3.63) is 111 Å². The minimum Gasteiger partial charge on any atom is -0.375 e. The van der Waals surface area contributed by atoms with Crippen molar-refractivity contribution in [3.8, 4) is 0 Å². The van der Waals surface area contributed by atoms with Crippen LogP contribution in [0.25, 0.3) is 10.8 Å². The summed E-state index contributed by atoms with van der Waals surface area (Å²) in [4.78, 5) is 89.5. The molecule has 388 valence electrons. The molecule has 2 aliphatic carbocycles. The molecular weight excluding hydrogens is 935 g/mol. The Morgan fingerprint density at radius 3 is 2.03 bits per heavy atom. The van der Waals surface area contributed by atoms with E-state index in [0.29, 0.717) is 112 Å². The Labute approximate surface area is 425 Å². The highest BCUT2D eigenvalue weighted by Gasteiger charge is 2.39. The number of H-pyrrole nitrogens is 1. The van der Waals surface area contributed by atoms with E-state index in [9.17, 15) is 28.8 Å². The Morgan fingerprint density at radius 1 is 0.671 bits per heavy atom. The second kappa shape index (κ2) is 22.6. The first-order chi connectivity index (χ1) is 35.5. The first kappa shape index (κ1) is 50.5. The second-order valence-corrected chi connectivity index (χ2v) is 21.3. The molecule has 73 heavy (non-hydrogen) atoms. The minimum atomic E-state index is -0.738. The lowest BCUT2D eigenvalue weighted by atomic mass is 9.82. The van der Waals surface area contributed by atoms with Gasteiger partial charge in [0.15, 0.2) is 0 Å². The fraction of sp³-hybridized carbons (Fsp3) is 0.554. The summed E-state index contributed by atoms with van der Waals surface area (Å²) in [6, 6.07) is 15.8. The molecule has 2 saturated carbocycles. The van der Waals surface area contributed by atoms with Gasteiger partial charge >= 0.3 is 0 Å². The SMILES string of the molecule is O=C(N[C@@H](C(=O)N1CCC(OC2CCN(CC(=O)N3CCN(C(=O)c4cc(Cc5n[nH]c(=O)c6ccccc56)ccc4F)CC3)CC2)CC1)C1CCCCC1)c1cccc(C2CCN(C(=O)C3CC3)CC2)c1F. The molecule has 5 amide bonds. The highest BCUT2D eigenvalue weighted by atomic mass is 19.1. The summed E-state index contributed by atoms with van der Waals surface area (Å²) in [6.07, 6.45) is 11.2. The van der Waals surface area contributed by atoms with Crippen molar-refractivity contribution in [1.29, 1.82) is 0 Å². The van der Waals surface area contributed by atoms with Crippen LogP contribution in [0.15, 0.2) is 65.5 Å². The lowest BCUT2D eigenvalue weighted by Crippen LogP contribution is -2.55. The molecule has 15 nitrogen and oxygen atoms in total. The molecule has 5 heterocycles. The van der Waals surface area contributed by atoms with Crippen LogP contribution in [0.4, 0.5) is 8.78 Å². The molecule has 6 fully saturated rings. The summed E-state index contributed by atoms with van der Waals surface area (Å²) in [5, 5.41) is 11.0. The van der Waals surface area contributed by atoms with Crippen molar-refractivity contribution < 1.29 is 37.5 Å². The number of nitrogens with zero attached hydrogens (tertiary/aromatic N) is 6. The largest absolute Gasteiger partial charge is 0.375 e. The number of nitrogens with one attached hydrogen (secondary N) is 2. The third kappa shape index (κ3) is 11.7. The van der Waals surface area contributed by atoms with E-state index >= 15 is 8.78 Å². The topological polar surface area (TPSA) is 169 Å². The number of hydrogen-bond acceptors (Lipinski definition) is 9. The molecule has 0 spiro atoms.